The normalized spacial score (nSPS) is 15.8. The van der Waals surface area contributed by atoms with Crippen LogP contribution in [-0.4, -0.2) is 51.3 Å². The molecule has 170 valence electrons. The number of aliphatic hydroxyl groups is 1. The van der Waals surface area contributed by atoms with Gasteiger partial charge in [0.1, 0.15) is 28.6 Å². The SMILES string of the molecule is NC(=O)c1c(-c2ccc(Oc3ccccc3)cc2)nn([C@@H]2CCN(C(=O)/C=C/CO)C2)c1N. The van der Waals surface area contributed by atoms with Gasteiger partial charge in [-0.15, -0.1) is 0 Å². The lowest BCUT2D eigenvalue weighted by atomic mass is 10.1. The lowest BCUT2D eigenvalue weighted by Gasteiger charge is -2.15. The number of primary amides is 1. The number of benzene rings is 2. The molecule has 1 aliphatic rings. The van der Waals surface area contributed by atoms with Gasteiger partial charge < -0.3 is 26.2 Å². The number of nitrogens with two attached hydrogens (primary N) is 2. The Bertz CT molecular complexity index is 1170. The first-order chi connectivity index (χ1) is 16.0. The Kier molecular flexibility index (Phi) is 6.41. The molecule has 2 heterocycles. The van der Waals surface area contributed by atoms with E-state index in [1.807, 2.05) is 30.3 Å². The zero-order valence-corrected chi connectivity index (χ0v) is 17.9. The van der Waals surface area contributed by atoms with Gasteiger partial charge in [-0.2, -0.15) is 5.10 Å². The molecule has 0 aliphatic carbocycles. The molecule has 33 heavy (non-hydrogen) atoms. The summed E-state index contributed by atoms with van der Waals surface area (Å²) in [4.78, 5) is 26.1. The van der Waals surface area contributed by atoms with Gasteiger partial charge in [-0.05, 0) is 42.8 Å². The van der Waals surface area contributed by atoms with E-state index in [4.69, 9.17) is 21.3 Å². The maximum atomic E-state index is 12.2. The number of aliphatic hydroxyl groups excluding tert-OH is 1. The van der Waals surface area contributed by atoms with Crippen molar-refractivity contribution >= 4 is 17.6 Å². The highest BCUT2D eigenvalue weighted by molar-refractivity contribution is 6.03. The second-order valence-electron chi connectivity index (χ2n) is 7.67. The van der Waals surface area contributed by atoms with Crippen molar-refractivity contribution in [1.82, 2.24) is 14.7 Å². The number of anilines is 1. The van der Waals surface area contributed by atoms with Crippen molar-refractivity contribution in [2.24, 2.45) is 5.73 Å². The van der Waals surface area contributed by atoms with Crippen molar-refractivity contribution in [1.29, 1.82) is 0 Å². The van der Waals surface area contributed by atoms with Crippen LogP contribution < -0.4 is 16.2 Å². The summed E-state index contributed by atoms with van der Waals surface area (Å²) in [6.45, 7) is 0.711. The maximum absolute atomic E-state index is 12.2. The highest BCUT2D eigenvalue weighted by Gasteiger charge is 2.31. The topological polar surface area (TPSA) is 137 Å². The van der Waals surface area contributed by atoms with Gasteiger partial charge in [-0.1, -0.05) is 24.3 Å². The van der Waals surface area contributed by atoms with Crippen molar-refractivity contribution in [3.05, 3.63) is 72.3 Å². The van der Waals surface area contributed by atoms with E-state index in [0.29, 0.717) is 42.3 Å². The van der Waals surface area contributed by atoms with Crippen LogP contribution in [0.2, 0.25) is 0 Å². The van der Waals surface area contributed by atoms with Crippen molar-refractivity contribution < 1.29 is 19.4 Å². The first kappa shape index (κ1) is 22.1. The van der Waals surface area contributed by atoms with Gasteiger partial charge in [0.05, 0.1) is 12.6 Å². The van der Waals surface area contributed by atoms with E-state index in [-0.39, 0.29) is 29.9 Å². The number of hydrogen-bond donors (Lipinski definition) is 3. The number of ether oxygens (including phenoxy) is 1. The van der Waals surface area contributed by atoms with Gasteiger partial charge in [-0.25, -0.2) is 4.68 Å². The molecule has 0 spiro atoms. The summed E-state index contributed by atoms with van der Waals surface area (Å²) in [5.41, 5.74) is 13.1. The number of nitrogens with zero attached hydrogens (tertiary/aromatic N) is 3. The molecule has 0 bridgehead atoms. The molecule has 1 aromatic heterocycles. The van der Waals surface area contributed by atoms with Gasteiger partial charge in [0.25, 0.3) is 5.91 Å². The molecule has 0 unspecified atom stereocenters. The molecule has 2 amide bonds. The molecule has 9 heteroatoms. The molecule has 2 aromatic carbocycles. The highest BCUT2D eigenvalue weighted by atomic mass is 16.5. The second-order valence-corrected chi connectivity index (χ2v) is 7.67. The van der Waals surface area contributed by atoms with Gasteiger partial charge in [-0.3, -0.25) is 9.59 Å². The quantitative estimate of drug-likeness (QED) is 0.476. The van der Waals surface area contributed by atoms with Gasteiger partial charge in [0.2, 0.25) is 5.91 Å². The van der Waals surface area contributed by atoms with Crippen LogP contribution >= 0.6 is 0 Å². The average molecular weight is 447 g/mol. The molecular formula is C24H25N5O4. The first-order valence-corrected chi connectivity index (χ1v) is 10.6. The summed E-state index contributed by atoms with van der Waals surface area (Å²) in [5, 5.41) is 13.5. The molecule has 0 radical (unpaired) electrons. The Morgan fingerprint density at radius 1 is 1.12 bits per heavy atom. The minimum Gasteiger partial charge on any atom is -0.457 e. The number of likely N-dealkylation sites (tertiary alicyclic amines) is 1. The molecule has 5 N–H and O–H groups in total. The maximum Gasteiger partial charge on any atom is 0.254 e. The van der Waals surface area contributed by atoms with Crippen molar-refractivity contribution in [3.8, 4) is 22.8 Å². The van der Waals surface area contributed by atoms with Crippen LogP contribution in [0.25, 0.3) is 11.3 Å². The van der Waals surface area contributed by atoms with Crippen LogP contribution in [0.3, 0.4) is 0 Å². The lowest BCUT2D eigenvalue weighted by molar-refractivity contribution is -0.125. The number of nitrogen functional groups attached to an aromatic ring is 1. The van der Waals surface area contributed by atoms with E-state index in [2.05, 4.69) is 5.10 Å². The third-order valence-corrected chi connectivity index (χ3v) is 5.49. The van der Waals surface area contributed by atoms with E-state index < -0.39 is 5.91 Å². The largest absolute Gasteiger partial charge is 0.457 e. The number of amides is 2. The Balaban J connectivity index is 1.58. The standard InChI is InChI=1S/C24H25N5O4/c25-23-21(24(26)32)22(16-8-10-19(11-9-16)33-18-5-2-1-3-6-18)27-29(23)17-12-13-28(15-17)20(31)7-4-14-30/h1-11,17,30H,12-15,25H2,(H2,26,32)/b7-4+/t17-/m1/s1. The highest BCUT2D eigenvalue weighted by Crippen LogP contribution is 2.33. The minimum atomic E-state index is -0.671. The zero-order chi connectivity index (χ0) is 23.4. The summed E-state index contributed by atoms with van der Waals surface area (Å²) in [7, 11) is 0. The fourth-order valence-electron chi connectivity index (χ4n) is 3.88. The molecule has 1 saturated heterocycles. The Hall–Kier alpha value is -4.11. The Morgan fingerprint density at radius 3 is 2.48 bits per heavy atom. The van der Waals surface area contributed by atoms with Gasteiger partial charge in [0.15, 0.2) is 0 Å². The van der Waals surface area contributed by atoms with Crippen LogP contribution in [0.15, 0.2) is 66.7 Å². The minimum absolute atomic E-state index is 0.150. The first-order valence-electron chi connectivity index (χ1n) is 10.6. The molecular weight excluding hydrogens is 422 g/mol. The van der Waals surface area contributed by atoms with Gasteiger partial charge in [0, 0.05) is 24.7 Å². The van der Waals surface area contributed by atoms with E-state index in [1.165, 1.54) is 12.2 Å². The van der Waals surface area contributed by atoms with E-state index in [0.717, 1.165) is 0 Å². The molecule has 1 atom stereocenters. The van der Waals surface area contributed by atoms with Gasteiger partial charge >= 0.3 is 0 Å². The monoisotopic (exact) mass is 447 g/mol. The average Bonchev–Trinajstić information content (AvgIpc) is 3.43. The number of carbonyl (C=O) groups is 2. The molecule has 4 rings (SSSR count). The second kappa shape index (κ2) is 9.58. The number of hydrogen-bond acceptors (Lipinski definition) is 6. The number of carbonyl (C=O) groups excluding carboxylic acids is 2. The third-order valence-electron chi connectivity index (χ3n) is 5.49. The molecule has 1 fully saturated rings. The fourth-order valence-corrected chi connectivity index (χ4v) is 3.88. The summed E-state index contributed by atoms with van der Waals surface area (Å²) in [5.74, 6) is 0.661. The number of para-hydroxylation sites is 1. The summed E-state index contributed by atoms with van der Waals surface area (Å²) in [6.07, 6.45) is 3.37. The fraction of sp³-hybridized carbons (Fsp3) is 0.208. The van der Waals surface area contributed by atoms with Crippen LogP contribution in [0.4, 0.5) is 5.82 Å². The van der Waals surface area contributed by atoms with Crippen molar-refractivity contribution in [3.63, 3.8) is 0 Å². The lowest BCUT2D eigenvalue weighted by Crippen LogP contribution is -2.28. The van der Waals surface area contributed by atoms with E-state index in [9.17, 15) is 9.59 Å². The predicted molar refractivity (Wildman–Crippen MR) is 124 cm³/mol. The number of aromatic nitrogens is 2. The number of rotatable bonds is 7. The van der Waals surface area contributed by atoms with E-state index >= 15 is 0 Å². The molecule has 0 saturated carbocycles. The van der Waals surface area contributed by atoms with Crippen LogP contribution in [0, 0.1) is 0 Å². The molecule has 9 nitrogen and oxygen atoms in total. The van der Waals surface area contributed by atoms with Crippen LogP contribution in [-0.2, 0) is 4.79 Å². The zero-order valence-electron chi connectivity index (χ0n) is 17.9. The van der Waals surface area contributed by atoms with Crippen molar-refractivity contribution in [2.75, 3.05) is 25.4 Å². The molecule has 1 aliphatic heterocycles. The predicted octanol–water partition coefficient (Wildman–Crippen LogP) is 2.35. The Labute approximate surface area is 190 Å². The third kappa shape index (κ3) is 4.73. The van der Waals surface area contributed by atoms with E-state index in [1.54, 1.807) is 33.8 Å². The summed E-state index contributed by atoms with van der Waals surface area (Å²) < 4.78 is 7.39. The smallest absolute Gasteiger partial charge is 0.254 e. The Morgan fingerprint density at radius 2 is 1.82 bits per heavy atom. The van der Waals surface area contributed by atoms with Crippen molar-refractivity contribution in [2.45, 2.75) is 12.5 Å². The van der Waals surface area contributed by atoms with Crippen LogP contribution in [0.1, 0.15) is 22.8 Å². The summed E-state index contributed by atoms with van der Waals surface area (Å²) >= 11 is 0. The molecule has 3 aromatic rings. The summed E-state index contributed by atoms with van der Waals surface area (Å²) in [6, 6.07) is 16.4. The van der Waals surface area contributed by atoms with Crippen LogP contribution in [0.5, 0.6) is 11.5 Å².